The van der Waals surface area contributed by atoms with Gasteiger partial charge in [-0.25, -0.2) is 4.79 Å². The van der Waals surface area contributed by atoms with Crippen LogP contribution < -0.4 is 0 Å². The van der Waals surface area contributed by atoms with Gasteiger partial charge in [-0.15, -0.1) is 0 Å². The van der Waals surface area contributed by atoms with Crippen molar-refractivity contribution in [2.75, 3.05) is 6.61 Å². The highest BCUT2D eigenvalue weighted by atomic mass is 35.5. The predicted molar refractivity (Wildman–Crippen MR) is 61.6 cm³/mol. The number of oxime groups is 1. The zero-order valence-electron chi connectivity index (χ0n) is 9.01. The van der Waals surface area contributed by atoms with Crippen molar-refractivity contribution in [3.8, 4) is 0 Å². The molecule has 0 aromatic heterocycles. The van der Waals surface area contributed by atoms with Crippen LogP contribution >= 0.6 is 11.6 Å². The van der Waals surface area contributed by atoms with Crippen LogP contribution in [0, 0.1) is 0 Å². The van der Waals surface area contributed by atoms with E-state index in [4.69, 9.17) is 16.8 Å². The Morgan fingerprint density at radius 1 is 1.35 bits per heavy atom. The molecule has 0 radical (unpaired) electrons. The molecule has 0 aliphatic heterocycles. The molecule has 17 heavy (non-hydrogen) atoms. The lowest BCUT2D eigenvalue weighted by molar-refractivity contribution is -0.135. The van der Waals surface area contributed by atoms with Crippen LogP contribution in [0.25, 0.3) is 0 Å². The zero-order valence-corrected chi connectivity index (χ0v) is 9.77. The second-order valence-electron chi connectivity index (χ2n) is 3.01. The van der Waals surface area contributed by atoms with E-state index in [9.17, 15) is 9.59 Å². The van der Waals surface area contributed by atoms with E-state index in [1.165, 1.54) is 24.3 Å². The van der Waals surface area contributed by atoms with Gasteiger partial charge in [-0.1, -0.05) is 16.8 Å². The molecule has 0 unspecified atom stereocenters. The van der Waals surface area contributed by atoms with Crippen LogP contribution in [0.15, 0.2) is 29.4 Å². The standard InChI is InChI=1S/C11H10ClNO4/c1-2-17-11(15)9(13-16)10(14)7-3-5-8(12)6-4-7/h3-6,16H,2H2,1H3/b13-9-. The number of Topliss-reactive ketones (excluding diaryl/α,β-unsaturated/α-hetero) is 1. The van der Waals surface area contributed by atoms with Crippen molar-refractivity contribution in [1.29, 1.82) is 0 Å². The van der Waals surface area contributed by atoms with Gasteiger partial charge in [0.1, 0.15) is 0 Å². The summed E-state index contributed by atoms with van der Waals surface area (Å²) in [5, 5.41) is 11.8. The molecule has 0 aliphatic carbocycles. The summed E-state index contributed by atoms with van der Waals surface area (Å²) >= 11 is 5.66. The van der Waals surface area contributed by atoms with Crippen molar-refractivity contribution in [3.63, 3.8) is 0 Å². The average molecular weight is 256 g/mol. The average Bonchev–Trinajstić information content (AvgIpc) is 2.31. The Bertz CT molecular complexity index is 453. The van der Waals surface area contributed by atoms with Crippen molar-refractivity contribution in [2.45, 2.75) is 6.92 Å². The molecule has 0 saturated heterocycles. The third-order valence-electron chi connectivity index (χ3n) is 1.89. The summed E-state index contributed by atoms with van der Waals surface area (Å²) < 4.78 is 4.58. The molecule has 0 amide bonds. The normalized spacial score (nSPS) is 11.1. The number of halogens is 1. The molecule has 0 bridgehead atoms. The van der Waals surface area contributed by atoms with Crippen LogP contribution in [-0.4, -0.2) is 29.3 Å². The molecule has 1 aromatic rings. The third kappa shape index (κ3) is 3.29. The first-order valence-electron chi connectivity index (χ1n) is 4.79. The Morgan fingerprint density at radius 3 is 2.41 bits per heavy atom. The van der Waals surface area contributed by atoms with Crippen LogP contribution in [0.3, 0.4) is 0 Å². The number of rotatable bonds is 4. The molecule has 0 saturated carbocycles. The number of esters is 1. The van der Waals surface area contributed by atoms with Crippen LogP contribution in [0.2, 0.25) is 5.02 Å². The predicted octanol–water partition coefficient (Wildman–Crippen LogP) is 1.92. The molecule has 0 aliphatic rings. The van der Waals surface area contributed by atoms with Gasteiger partial charge in [-0.3, -0.25) is 4.79 Å². The van der Waals surface area contributed by atoms with Crippen LogP contribution in [0.4, 0.5) is 0 Å². The molecule has 90 valence electrons. The SMILES string of the molecule is CCOC(=O)/C(=N\O)C(=O)c1ccc(Cl)cc1. The first-order valence-corrected chi connectivity index (χ1v) is 5.17. The lowest BCUT2D eigenvalue weighted by Gasteiger charge is -2.03. The maximum Gasteiger partial charge on any atom is 0.364 e. The van der Waals surface area contributed by atoms with Gasteiger partial charge in [0.2, 0.25) is 11.5 Å². The molecule has 1 aromatic carbocycles. The molecule has 0 atom stereocenters. The van der Waals surface area contributed by atoms with E-state index < -0.39 is 17.5 Å². The number of hydrogen-bond acceptors (Lipinski definition) is 5. The Hall–Kier alpha value is -1.88. The number of carbonyl (C=O) groups is 2. The van der Waals surface area contributed by atoms with Gasteiger partial charge in [0.15, 0.2) is 0 Å². The summed E-state index contributed by atoms with van der Waals surface area (Å²) in [4.78, 5) is 23.1. The van der Waals surface area contributed by atoms with Gasteiger partial charge in [0.25, 0.3) is 0 Å². The minimum Gasteiger partial charge on any atom is -0.461 e. The van der Waals surface area contributed by atoms with Gasteiger partial charge >= 0.3 is 5.97 Å². The number of nitrogens with zero attached hydrogens (tertiary/aromatic N) is 1. The largest absolute Gasteiger partial charge is 0.461 e. The monoisotopic (exact) mass is 255 g/mol. The Labute approximate surface area is 103 Å². The molecule has 1 rings (SSSR count). The van der Waals surface area contributed by atoms with Crippen molar-refractivity contribution in [2.24, 2.45) is 5.16 Å². The first-order chi connectivity index (χ1) is 8.10. The maximum atomic E-state index is 11.8. The molecule has 5 nitrogen and oxygen atoms in total. The maximum absolute atomic E-state index is 11.8. The van der Waals surface area contributed by atoms with E-state index in [0.29, 0.717) is 5.02 Å². The van der Waals surface area contributed by atoms with E-state index in [2.05, 4.69) is 9.89 Å². The van der Waals surface area contributed by atoms with E-state index in [-0.39, 0.29) is 12.2 Å². The highest BCUT2D eigenvalue weighted by Crippen LogP contribution is 2.10. The van der Waals surface area contributed by atoms with Gasteiger partial charge in [0.05, 0.1) is 6.61 Å². The topological polar surface area (TPSA) is 76.0 Å². The van der Waals surface area contributed by atoms with E-state index in [1.807, 2.05) is 0 Å². The Kier molecular flexibility index (Phi) is 4.66. The number of carbonyl (C=O) groups excluding carboxylic acids is 2. The van der Waals surface area contributed by atoms with Gasteiger partial charge < -0.3 is 9.94 Å². The lowest BCUT2D eigenvalue weighted by Crippen LogP contribution is -2.26. The van der Waals surface area contributed by atoms with Gasteiger partial charge in [0, 0.05) is 10.6 Å². The van der Waals surface area contributed by atoms with E-state index >= 15 is 0 Å². The smallest absolute Gasteiger partial charge is 0.364 e. The summed E-state index contributed by atoms with van der Waals surface area (Å²) in [6, 6.07) is 5.84. The highest BCUT2D eigenvalue weighted by molar-refractivity contribution is 6.67. The van der Waals surface area contributed by atoms with E-state index in [1.54, 1.807) is 6.92 Å². The molecular weight excluding hydrogens is 246 g/mol. The van der Waals surface area contributed by atoms with Gasteiger partial charge in [-0.05, 0) is 31.2 Å². The lowest BCUT2D eigenvalue weighted by atomic mass is 10.1. The fraction of sp³-hybridized carbons (Fsp3) is 0.182. The fourth-order valence-electron chi connectivity index (χ4n) is 1.12. The Morgan fingerprint density at radius 2 is 1.94 bits per heavy atom. The van der Waals surface area contributed by atoms with Crippen LogP contribution in [0.5, 0.6) is 0 Å². The Balaban J connectivity index is 2.95. The fourth-order valence-corrected chi connectivity index (χ4v) is 1.24. The zero-order chi connectivity index (χ0) is 12.8. The molecule has 0 heterocycles. The number of benzene rings is 1. The minimum absolute atomic E-state index is 0.0890. The molecule has 0 spiro atoms. The van der Waals surface area contributed by atoms with Crippen molar-refractivity contribution in [3.05, 3.63) is 34.9 Å². The second kappa shape index (κ2) is 6.00. The number of ketones is 1. The van der Waals surface area contributed by atoms with Crippen LogP contribution in [0.1, 0.15) is 17.3 Å². The summed E-state index contributed by atoms with van der Waals surface area (Å²) in [6.45, 7) is 1.67. The first kappa shape index (κ1) is 13.2. The molecular formula is C11H10ClNO4. The summed E-state index contributed by atoms with van der Waals surface area (Å²) in [5.41, 5.74) is -0.468. The number of hydrogen-bond donors (Lipinski definition) is 1. The summed E-state index contributed by atoms with van der Waals surface area (Å²) in [6.07, 6.45) is 0. The van der Waals surface area contributed by atoms with E-state index in [0.717, 1.165) is 0 Å². The highest BCUT2D eigenvalue weighted by Gasteiger charge is 2.23. The van der Waals surface area contributed by atoms with Crippen LogP contribution in [-0.2, 0) is 9.53 Å². The second-order valence-corrected chi connectivity index (χ2v) is 3.44. The minimum atomic E-state index is -0.963. The van der Waals surface area contributed by atoms with Crippen molar-refractivity contribution in [1.82, 2.24) is 0 Å². The molecule has 1 N–H and O–H groups in total. The molecule has 6 heteroatoms. The van der Waals surface area contributed by atoms with Gasteiger partial charge in [-0.2, -0.15) is 0 Å². The third-order valence-corrected chi connectivity index (χ3v) is 2.14. The number of ether oxygens (including phenoxy) is 1. The van der Waals surface area contributed by atoms with Crippen molar-refractivity contribution >= 4 is 29.1 Å². The summed E-state index contributed by atoms with van der Waals surface area (Å²) in [7, 11) is 0. The quantitative estimate of drug-likeness (QED) is 0.223. The summed E-state index contributed by atoms with van der Waals surface area (Å²) in [5.74, 6) is -1.68. The van der Waals surface area contributed by atoms with Crippen molar-refractivity contribution < 1.29 is 19.5 Å². The molecule has 0 fully saturated rings.